The summed E-state index contributed by atoms with van der Waals surface area (Å²) in [4.78, 5) is 26.4. The number of carbonyl (C=O) groups excluding carboxylic acids is 2. The number of hydrogen-bond donors (Lipinski definition) is 3. The average Bonchev–Trinajstić information content (AvgIpc) is 2.99. The van der Waals surface area contributed by atoms with E-state index in [0.29, 0.717) is 11.1 Å². The third kappa shape index (κ3) is 3.07. The number of nitrogens with zero attached hydrogens (tertiary/aromatic N) is 1. The molecule has 7 heteroatoms. The van der Waals surface area contributed by atoms with Crippen LogP contribution < -0.4 is 10.5 Å². The summed E-state index contributed by atoms with van der Waals surface area (Å²) in [5.74, 6) is -2.49. The van der Waals surface area contributed by atoms with Crippen LogP contribution in [0.3, 0.4) is 0 Å². The van der Waals surface area contributed by atoms with Crippen LogP contribution in [-0.4, -0.2) is 22.0 Å². The second kappa shape index (κ2) is 7.14. The van der Waals surface area contributed by atoms with Crippen molar-refractivity contribution in [3.8, 4) is 0 Å². The van der Waals surface area contributed by atoms with Crippen LogP contribution >= 0.6 is 0 Å². The number of Topliss-reactive ketones (excluding diaryl/α,β-unsaturated/α-hetero) is 1. The van der Waals surface area contributed by atoms with E-state index < -0.39 is 23.2 Å². The lowest BCUT2D eigenvalue weighted by molar-refractivity contribution is -0.135. The molecule has 146 valence electrons. The molecule has 1 amide bonds. The van der Waals surface area contributed by atoms with E-state index in [9.17, 15) is 25.1 Å². The summed E-state index contributed by atoms with van der Waals surface area (Å²) in [7, 11) is 0. The van der Waals surface area contributed by atoms with Crippen molar-refractivity contribution in [1.29, 1.82) is 0 Å². The number of anilines is 2. The van der Waals surface area contributed by atoms with Crippen LogP contribution in [0, 0.1) is 5.21 Å². The van der Waals surface area contributed by atoms with Crippen molar-refractivity contribution in [2.75, 3.05) is 10.5 Å². The van der Waals surface area contributed by atoms with Gasteiger partial charge in [-0.2, -0.15) is 0 Å². The van der Waals surface area contributed by atoms with Crippen LogP contribution in [0.1, 0.15) is 27.4 Å². The summed E-state index contributed by atoms with van der Waals surface area (Å²) in [6, 6.07) is 20.8. The van der Waals surface area contributed by atoms with Gasteiger partial charge in [-0.1, -0.05) is 60.7 Å². The number of amides is 1. The van der Waals surface area contributed by atoms with Crippen molar-refractivity contribution in [2.45, 2.75) is 11.5 Å². The number of ketones is 1. The SMILES string of the molecule is O=C(c1ccccc1)C(c1ccccc1)C1(O)C(=O)Nc2ccc(N([O-])O)cc21. The molecule has 0 aromatic heterocycles. The fourth-order valence-corrected chi connectivity index (χ4v) is 3.70. The highest BCUT2D eigenvalue weighted by Crippen LogP contribution is 2.47. The van der Waals surface area contributed by atoms with Gasteiger partial charge in [0.2, 0.25) is 0 Å². The van der Waals surface area contributed by atoms with Gasteiger partial charge in [-0.3, -0.25) is 14.8 Å². The molecule has 0 bridgehead atoms. The summed E-state index contributed by atoms with van der Waals surface area (Å²) >= 11 is 0. The normalized spacial score (nSPS) is 18.7. The number of rotatable bonds is 5. The molecule has 1 heterocycles. The van der Waals surface area contributed by atoms with E-state index in [1.54, 1.807) is 60.7 Å². The average molecular weight is 389 g/mol. The van der Waals surface area contributed by atoms with Crippen LogP contribution in [0.15, 0.2) is 78.9 Å². The Morgan fingerprint density at radius 3 is 2.24 bits per heavy atom. The Balaban J connectivity index is 1.93. The fraction of sp³-hybridized carbons (Fsp3) is 0.0909. The first-order chi connectivity index (χ1) is 13.9. The summed E-state index contributed by atoms with van der Waals surface area (Å²) in [5, 5.41) is 34.4. The largest absolute Gasteiger partial charge is 0.733 e. The standard InChI is InChI=1S/C22H17N2O5/c25-20(15-9-5-2-6-10-15)19(14-7-3-1-4-8-14)22(27)17-13-16(24(28)29)11-12-18(17)23-21(22)26/h1-13,19,27-28H,(H,23,26)/q-1. The molecule has 0 spiro atoms. The first-order valence-corrected chi connectivity index (χ1v) is 8.91. The molecule has 0 saturated carbocycles. The highest BCUT2D eigenvalue weighted by Gasteiger charge is 2.54. The number of hydrogen-bond acceptors (Lipinski definition) is 6. The quantitative estimate of drug-likeness (QED) is 0.456. The zero-order valence-electron chi connectivity index (χ0n) is 15.1. The first-order valence-electron chi connectivity index (χ1n) is 8.91. The molecular weight excluding hydrogens is 372 g/mol. The molecule has 0 aliphatic carbocycles. The predicted molar refractivity (Wildman–Crippen MR) is 107 cm³/mol. The maximum absolute atomic E-state index is 13.5. The third-order valence-corrected chi connectivity index (χ3v) is 5.10. The van der Waals surface area contributed by atoms with E-state index in [1.165, 1.54) is 18.2 Å². The fourth-order valence-electron chi connectivity index (χ4n) is 3.70. The van der Waals surface area contributed by atoms with E-state index >= 15 is 0 Å². The molecule has 4 rings (SSSR count). The van der Waals surface area contributed by atoms with Gasteiger partial charge < -0.3 is 20.9 Å². The van der Waals surface area contributed by atoms with E-state index in [1.807, 2.05) is 0 Å². The summed E-state index contributed by atoms with van der Waals surface area (Å²) in [6.45, 7) is 0. The number of nitrogens with one attached hydrogen (secondary N) is 1. The molecule has 3 aromatic rings. The Labute approximate surface area is 166 Å². The minimum absolute atomic E-state index is 0.0491. The lowest BCUT2D eigenvalue weighted by atomic mass is 9.74. The molecule has 0 radical (unpaired) electrons. The van der Waals surface area contributed by atoms with Crippen LogP contribution in [0.5, 0.6) is 0 Å². The van der Waals surface area contributed by atoms with E-state index in [0.717, 1.165) is 0 Å². The van der Waals surface area contributed by atoms with Gasteiger partial charge in [-0.15, -0.1) is 0 Å². The number of fused-ring (bicyclic) bond motifs is 1. The van der Waals surface area contributed by atoms with Gasteiger partial charge in [0.15, 0.2) is 11.4 Å². The minimum atomic E-state index is -2.27. The first kappa shape index (κ1) is 18.8. The van der Waals surface area contributed by atoms with Gasteiger partial charge in [0.05, 0.1) is 11.6 Å². The Morgan fingerprint density at radius 2 is 1.62 bits per heavy atom. The summed E-state index contributed by atoms with van der Waals surface area (Å²) < 4.78 is 0. The highest BCUT2D eigenvalue weighted by molar-refractivity contribution is 6.12. The van der Waals surface area contributed by atoms with Gasteiger partial charge in [0.1, 0.15) is 0 Å². The predicted octanol–water partition coefficient (Wildman–Crippen LogP) is 3.19. The van der Waals surface area contributed by atoms with Crippen molar-refractivity contribution >= 4 is 23.1 Å². The molecule has 3 N–H and O–H groups in total. The summed E-state index contributed by atoms with van der Waals surface area (Å²) in [5.41, 5.74) is -1.34. The van der Waals surface area contributed by atoms with Crippen molar-refractivity contribution < 1.29 is 19.9 Å². The van der Waals surface area contributed by atoms with Crippen LogP contribution in [0.25, 0.3) is 0 Å². The minimum Gasteiger partial charge on any atom is -0.733 e. The second-order valence-corrected chi connectivity index (χ2v) is 6.80. The molecule has 29 heavy (non-hydrogen) atoms. The van der Waals surface area contributed by atoms with E-state index in [4.69, 9.17) is 0 Å². The second-order valence-electron chi connectivity index (χ2n) is 6.80. The zero-order valence-corrected chi connectivity index (χ0v) is 15.1. The van der Waals surface area contributed by atoms with Crippen molar-refractivity contribution in [3.05, 3.63) is 101 Å². The van der Waals surface area contributed by atoms with Gasteiger partial charge in [0, 0.05) is 16.8 Å². The third-order valence-electron chi connectivity index (χ3n) is 5.10. The van der Waals surface area contributed by atoms with Crippen LogP contribution in [0.2, 0.25) is 0 Å². The van der Waals surface area contributed by atoms with Gasteiger partial charge in [0.25, 0.3) is 5.91 Å². The molecule has 0 saturated heterocycles. The van der Waals surface area contributed by atoms with Crippen molar-refractivity contribution in [3.63, 3.8) is 0 Å². The van der Waals surface area contributed by atoms with Crippen LogP contribution in [0.4, 0.5) is 11.4 Å². The van der Waals surface area contributed by atoms with E-state index in [2.05, 4.69) is 5.32 Å². The molecule has 0 fully saturated rings. The number of aliphatic hydroxyl groups is 1. The lowest BCUT2D eigenvalue weighted by Crippen LogP contribution is -2.44. The number of benzene rings is 3. The smallest absolute Gasteiger partial charge is 0.262 e. The van der Waals surface area contributed by atoms with Crippen molar-refractivity contribution in [1.82, 2.24) is 0 Å². The Bertz CT molecular complexity index is 1070. The van der Waals surface area contributed by atoms with Gasteiger partial charge in [-0.05, 0) is 23.8 Å². The maximum Gasteiger partial charge on any atom is 0.262 e. The van der Waals surface area contributed by atoms with E-state index in [-0.39, 0.29) is 22.2 Å². The Kier molecular flexibility index (Phi) is 4.63. The Morgan fingerprint density at radius 1 is 1.00 bits per heavy atom. The molecule has 1 aliphatic heterocycles. The molecule has 1 aliphatic rings. The number of carbonyl (C=O) groups is 2. The molecule has 7 nitrogen and oxygen atoms in total. The molecule has 2 unspecified atom stereocenters. The summed E-state index contributed by atoms with van der Waals surface area (Å²) in [6.07, 6.45) is 0. The molecular formula is C22H17N2O5-. The Hall–Kier alpha value is -3.52. The topological polar surface area (TPSA) is 113 Å². The van der Waals surface area contributed by atoms with Crippen LogP contribution in [-0.2, 0) is 10.4 Å². The lowest BCUT2D eigenvalue weighted by Gasteiger charge is -2.31. The monoisotopic (exact) mass is 389 g/mol. The van der Waals surface area contributed by atoms with Crippen molar-refractivity contribution in [2.24, 2.45) is 0 Å². The zero-order chi connectivity index (χ0) is 20.6. The highest BCUT2D eigenvalue weighted by atomic mass is 16.8. The maximum atomic E-state index is 13.5. The van der Waals surface area contributed by atoms with Gasteiger partial charge >= 0.3 is 0 Å². The molecule has 2 atom stereocenters. The van der Waals surface area contributed by atoms with Gasteiger partial charge in [-0.25, -0.2) is 0 Å². The molecule has 3 aromatic carbocycles.